The van der Waals surface area contributed by atoms with E-state index in [-0.39, 0.29) is 6.54 Å². The number of para-hydroxylation sites is 1. The Balaban J connectivity index is 2.96. The normalized spacial score (nSPS) is 12.9. The zero-order valence-corrected chi connectivity index (χ0v) is 12.3. The predicted molar refractivity (Wildman–Crippen MR) is 76.6 cm³/mol. The van der Waals surface area contributed by atoms with E-state index in [2.05, 4.69) is 0 Å². The molecule has 0 aliphatic heterocycles. The van der Waals surface area contributed by atoms with Crippen LogP contribution in [0.3, 0.4) is 0 Å². The summed E-state index contributed by atoms with van der Waals surface area (Å²) in [5.74, 6) is -3.20. The van der Waals surface area contributed by atoms with E-state index in [1.54, 1.807) is 4.90 Å². The van der Waals surface area contributed by atoms with Crippen LogP contribution in [0.2, 0.25) is 0 Å². The van der Waals surface area contributed by atoms with E-state index in [9.17, 15) is 13.2 Å². The molecule has 1 atom stereocenters. The maximum absolute atomic E-state index is 11.1. The maximum atomic E-state index is 11.1. The second-order valence-corrected chi connectivity index (χ2v) is 6.11. The fraction of sp³-hybridized carbons (Fsp3) is 0.462. The van der Waals surface area contributed by atoms with Gasteiger partial charge in [0.2, 0.25) is 0 Å². The van der Waals surface area contributed by atoms with Gasteiger partial charge >= 0.3 is 5.97 Å². The number of carboxylic acid groups (broad SMARTS) is 1. The molecule has 0 spiro atoms. The Morgan fingerprint density at radius 1 is 1.35 bits per heavy atom. The first-order valence-corrected chi connectivity index (χ1v) is 7.84. The van der Waals surface area contributed by atoms with Crippen LogP contribution in [-0.4, -0.2) is 42.9 Å². The molecule has 1 aromatic rings. The topological polar surface area (TPSA) is 94.9 Å². The van der Waals surface area contributed by atoms with E-state index >= 15 is 0 Å². The van der Waals surface area contributed by atoms with Crippen molar-refractivity contribution in [1.82, 2.24) is 0 Å². The lowest BCUT2D eigenvalue weighted by molar-refractivity contribution is -0.140. The quantitative estimate of drug-likeness (QED) is 0.739. The molecule has 1 aromatic carbocycles. The van der Waals surface area contributed by atoms with Crippen molar-refractivity contribution in [3.8, 4) is 0 Å². The lowest BCUT2D eigenvalue weighted by atomic mass is 10.1. The molecular formula is C13H19NO5S. The highest BCUT2D eigenvalue weighted by atomic mass is 32.2. The van der Waals surface area contributed by atoms with Crippen LogP contribution in [0.15, 0.2) is 24.3 Å². The molecule has 0 bridgehead atoms. The molecule has 112 valence electrons. The summed E-state index contributed by atoms with van der Waals surface area (Å²) in [5, 5.41) is 9.09. The monoisotopic (exact) mass is 301 g/mol. The van der Waals surface area contributed by atoms with E-state index in [4.69, 9.17) is 9.66 Å². The summed E-state index contributed by atoms with van der Waals surface area (Å²) in [5.41, 5.74) is 1.84. The summed E-state index contributed by atoms with van der Waals surface area (Å²) in [6.07, 6.45) is 0. The van der Waals surface area contributed by atoms with Gasteiger partial charge in [-0.25, -0.2) is 0 Å². The Bertz CT molecular complexity index is 570. The summed E-state index contributed by atoms with van der Waals surface area (Å²) in [4.78, 5) is 12.9. The van der Waals surface area contributed by atoms with Gasteiger partial charge in [-0.1, -0.05) is 18.2 Å². The smallest absolute Gasteiger partial charge is 0.309 e. The van der Waals surface area contributed by atoms with E-state index in [0.29, 0.717) is 6.54 Å². The number of anilines is 1. The van der Waals surface area contributed by atoms with Crippen LogP contribution in [0, 0.1) is 12.8 Å². The van der Waals surface area contributed by atoms with E-state index < -0.39 is 27.8 Å². The van der Waals surface area contributed by atoms with Crippen LogP contribution in [0.25, 0.3) is 0 Å². The Labute approximate surface area is 118 Å². The van der Waals surface area contributed by atoms with Crippen LogP contribution >= 0.6 is 0 Å². The Morgan fingerprint density at radius 2 is 1.95 bits per heavy atom. The molecule has 6 nitrogen and oxygen atoms in total. The summed E-state index contributed by atoms with van der Waals surface area (Å²) in [6, 6.07) is 7.46. The molecule has 7 heteroatoms. The highest BCUT2D eigenvalue weighted by Gasteiger charge is 2.26. The standard InChI is InChI=1S/C13H19NO5S/c1-3-14(12-7-5-4-6-10(12)2)8-11(13(15)16)9-20(17,18)19/h4-7,11H,3,8-9H2,1-2H3,(H,15,16)(H,17,18,19). The molecule has 0 radical (unpaired) electrons. The number of hydrogen-bond donors (Lipinski definition) is 2. The van der Waals surface area contributed by atoms with Gasteiger partial charge in [0.25, 0.3) is 10.1 Å². The van der Waals surface area contributed by atoms with Crippen LogP contribution < -0.4 is 4.90 Å². The second-order valence-electron chi connectivity index (χ2n) is 4.61. The molecule has 0 amide bonds. The molecule has 0 fully saturated rings. The first-order valence-electron chi connectivity index (χ1n) is 6.23. The van der Waals surface area contributed by atoms with E-state index in [1.807, 2.05) is 38.1 Å². The highest BCUT2D eigenvalue weighted by Crippen LogP contribution is 2.20. The molecule has 0 heterocycles. The number of benzene rings is 1. The highest BCUT2D eigenvalue weighted by molar-refractivity contribution is 7.85. The van der Waals surface area contributed by atoms with Crippen LogP contribution in [0.5, 0.6) is 0 Å². The van der Waals surface area contributed by atoms with Gasteiger partial charge < -0.3 is 10.0 Å². The van der Waals surface area contributed by atoms with Gasteiger partial charge in [0.15, 0.2) is 0 Å². The molecule has 0 aliphatic carbocycles. The minimum Gasteiger partial charge on any atom is -0.481 e. The van der Waals surface area contributed by atoms with Gasteiger partial charge in [-0.05, 0) is 25.5 Å². The first kappa shape index (κ1) is 16.5. The fourth-order valence-electron chi connectivity index (χ4n) is 2.04. The average molecular weight is 301 g/mol. The van der Waals surface area contributed by atoms with Crippen LogP contribution in [0.1, 0.15) is 12.5 Å². The van der Waals surface area contributed by atoms with Gasteiger partial charge in [-0.15, -0.1) is 0 Å². The van der Waals surface area contributed by atoms with E-state index in [0.717, 1.165) is 11.3 Å². The molecule has 0 aliphatic rings. The molecule has 0 saturated heterocycles. The maximum Gasteiger partial charge on any atom is 0.309 e. The molecule has 1 rings (SSSR count). The third-order valence-corrected chi connectivity index (χ3v) is 3.86. The molecular weight excluding hydrogens is 282 g/mol. The Morgan fingerprint density at radius 3 is 2.40 bits per heavy atom. The van der Waals surface area contributed by atoms with Gasteiger partial charge in [-0.2, -0.15) is 8.42 Å². The number of hydrogen-bond acceptors (Lipinski definition) is 4. The summed E-state index contributed by atoms with van der Waals surface area (Å²) in [6.45, 7) is 4.33. The lowest BCUT2D eigenvalue weighted by Gasteiger charge is -2.27. The van der Waals surface area contributed by atoms with Crippen molar-refractivity contribution < 1.29 is 22.9 Å². The van der Waals surface area contributed by atoms with Crippen molar-refractivity contribution in [2.45, 2.75) is 13.8 Å². The van der Waals surface area contributed by atoms with Crippen molar-refractivity contribution in [3.63, 3.8) is 0 Å². The molecule has 0 aromatic heterocycles. The number of carbonyl (C=O) groups is 1. The number of nitrogens with zero attached hydrogens (tertiary/aromatic N) is 1. The largest absolute Gasteiger partial charge is 0.481 e. The van der Waals surface area contributed by atoms with Gasteiger partial charge in [0.1, 0.15) is 0 Å². The zero-order valence-electron chi connectivity index (χ0n) is 11.5. The van der Waals surface area contributed by atoms with Crippen molar-refractivity contribution in [1.29, 1.82) is 0 Å². The molecule has 20 heavy (non-hydrogen) atoms. The van der Waals surface area contributed by atoms with Crippen molar-refractivity contribution in [2.24, 2.45) is 5.92 Å². The van der Waals surface area contributed by atoms with Crippen molar-refractivity contribution >= 4 is 21.8 Å². The second kappa shape index (κ2) is 6.71. The average Bonchev–Trinajstić information content (AvgIpc) is 2.34. The summed E-state index contributed by atoms with van der Waals surface area (Å²) < 4.78 is 30.6. The lowest BCUT2D eigenvalue weighted by Crippen LogP contribution is -2.37. The molecule has 0 saturated carbocycles. The third-order valence-electron chi connectivity index (χ3n) is 3.04. The molecule has 2 N–H and O–H groups in total. The van der Waals surface area contributed by atoms with Crippen molar-refractivity contribution in [3.05, 3.63) is 29.8 Å². The number of aliphatic carboxylic acids is 1. The Kier molecular flexibility index (Phi) is 5.52. The van der Waals surface area contributed by atoms with Gasteiger partial charge in [-0.3, -0.25) is 9.35 Å². The number of carboxylic acids is 1. The fourth-order valence-corrected chi connectivity index (χ4v) is 2.79. The van der Waals surface area contributed by atoms with Crippen molar-refractivity contribution in [2.75, 3.05) is 23.7 Å². The Hall–Kier alpha value is -1.60. The van der Waals surface area contributed by atoms with E-state index in [1.165, 1.54) is 0 Å². The first-order chi connectivity index (χ1) is 9.24. The molecule has 1 unspecified atom stereocenters. The minimum absolute atomic E-state index is 0.0243. The minimum atomic E-state index is -4.32. The SMILES string of the molecule is CCN(CC(CS(=O)(=O)O)C(=O)O)c1ccccc1C. The number of aryl methyl sites for hydroxylation is 1. The number of rotatable bonds is 7. The van der Waals surface area contributed by atoms with Crippen LogP contribution in [0.4, 0.5) is 5.69 Å². The van der Waals surface area contributed by atoms with Gasteiger partial charge in [0.05, 0.1) is 11.7 Å². The van der Waals surface area contributed by atoms with Crippen LogP contribution in [-0.2, 0) is 14.9 Å². The summed E-state index contributed by atoms with van der Waals surface area (Å²) in [7, 11) is -4.32. The predicted octanol–water partition coefficient (Wildman–Crippen LogP) is 1.41. The third kappa shape index (κ3) is 4.82. The zero-order chi connectivity index (χ0) is 15.3. The van der Waals surface area contributed by atoms with Gasteiger partial charge in [0, 0.05) is 18.8 Å². The summed E-state index contributed by atoms with van der Waals surface area (Å²) >= 11 is 0.